The van der Waals surface area contributed by atoms with E-state index < -0.39 is 4.92 Å². The Kier molecular flexibility index (Phi) is 6.54. The molecule has 0 radical (unpaired) electrons. The molecular weight excluding hydrogens is 334 g/mol. The van der Waals surface area contributed by atoms with E-state index in [4.69, 9.17) is 4.74 Å². The van der Waals surface area contributed by atoms with Crippen molar-refractivity contribution in [3.8, 4) is 5.75 Å². The van der Waals surface area contributed by atoms with Gasteiger partial charge in [0.05, 0.1) is 11.5 Å². The summed E-state index contributed by atoms with van der Waals surface area (Å²) in [5.74, 6) is 0.537. The van der Waals surface area contributed by atoms with Gasteiger partial charge in [-0.1, -0.05) is 18.2 Å². The smallest absolute Gasteiger partial charge is 0.293 e. The Morgan fingerprint density at radius 2 is 1.81 bits per heavy atom. The van der Waals surface area contributed by atoms with Crippen LogP contribution in [0.1, 0.15) is 16.8 Å². The fourth-order valence-electron chi connectivity index (χ4n) is 2.51. The van der Waals surface area contributed by atoms with Crippen LogP contribution in [0.2, 0.25) is 0 Å². The minimum absolute atomic E-state index is 0.0818. The highest BCUT2D eigenvalue weighted by Crippen LogP contribution is 2.28. The zero-order valence-corrected chi connectivity index (χ0v) is 15.2. The van der Waals surface area contributed by atoms with Crippen LogP contribution in [0, 0.1) is 10.1 Å². The molecule has 0 spiro atoms. The number of benzene rings is 2. The lowest BCUT2D eigenvalue weighted by atomic mass is 10.1. The number of rotatable bonds is 8. The van der Waals surface area contributed by atoms with Gasteiger partial charge in [0.2, 0.25) is 0 Å². The van der Waals surface area contributed by atoms with Crippen molar-refractivity contribution in [1.29, 1.82) is 0 Å². The number of amides is 1. The Morgan fingerprint density at radius 3 is 2.42 bits per heavy atom. The van der Waals surface area contributed by atoms with Gasteiger partial charge in [-0.2, -0.15) is 0 Å². The maximum absolute atomic E-state index is 12.5. The van der Waals surface area contributed by atoms with Gasteiger partial charge in [-0.15, -0.1) is 0 Å². The topological polar surface area (TPSA) is 75.9 Å². The third-order valence-corrected chi connectivity index (χ3v) is 3.90. The third kappa shape index (κ3) is 4.95. The largest absolute Gasteiger partial charge is 0.494 e. The van der Waals surface area contributed by atoms with Gasteiger partial charge in [-0.3, -0.25) is 14.9 Å². The fraction of sp³-hybridized carbons (Fsp3) is 0.316. The molecule has 0 N–H and O–H groups in total. The number of anilines is 1. The molecule has 26 heavy (non-hydrogen) atoms. The number of ether oxygens (including phenoxy) is 1. The monoisotopic (exact) mass is 357 g/mol. The summed E-state index contributed by atoms with van der Waals surface area (Å²) < 4.78 is 5.60. The van der Waals surface area contributed by atoms with Crippen molar-refractivity contribution in [2.75, 3.05) is 39.2 Å². The molecule has 0 aromatic heterocycles. The number of carbonyl (C=O) groups is 1. The zero-order chi connectivity index (χ0) is 19.1. The van der Waals surface area contributed by atoms with Crippen molar-refractivity contribution in [3.05, 3.63) is 64.2 Å². The Labute approximate surface area is 152 Å². The number of nitrogens with zero attached hydrogens (tertiary/aromatic N) is 3. The molecule has 2 aromatic rings. The predicted molar refractivity (Wildman–Crippen MR) is 101 cm³/mol. The first kappa shape index (κ1) is 19.2. The van der Waals surface area contributed by atoms with Gasteiger partial charge in [0.1, 0.15) is 11.4 Å². The fourth-order valence-corrected chi connectivity index (χ4v) is 2.51. The van der Waals surface area contributed by atoms with Gasteiger partial charge >= 0.3 is 0 Å². The first-order valence-electron chi connectivity index (χ1n) is 8.29. The number of carbonyl (C=O) groups excluding carboxylic acids is 1. The molecule has 0 atom stereocenters. The van der Waals surface area contributed by atoms with Crippen molar-refractivity contribution in [2.45, 2.75) is 6.42 Å². The molecule has 0 saturated carbocycles. The van der Waals surface area contributed by atoms with E-state index in [0.29, 0.717) is 30.8 Å². The Bertz CT molecular complexity index is 763. The summed E-state index contributed by atoms with van der Waals surface area (Å²) in [5, 5.41) is 11.3. The summed E-state index contributed by atoms with van der Waals surface area (Å²) in [5.41, 5.74) is 0.681. The molecule has 2 rings (SSSR count). The molecular formula is C19H23N3O4. The summed E-state index contributed by atoms with van der Waals surface area (Å²) in [6.45, 7) is 0.982. The number of nitro benzene ring substituents is 1. The Balaban J connectivity index is 1.95. The van der Waals surface area contributed by atoms with Crippen molar-refractivity contribution in [3.63, 3.8) is 0 Å². The van der Waals surface area contributed by atoms with Crippen molar-refractivity contribution < 1.29 is 14.5 Å². The van der Waals surface area contributed by atoms with Crippen LogP contribution in [0.25, 0.3) is 0 Å². The van der Waals surface area contributed by atoms with Crippen LogP contribution >= 0.6 is 0 Å². The molecule has 0 aliphatic heterocycles. The number of nitro groups is 1. The highest BCUT2D eigenvalue weighted by atomic mass is 16.6. The third-order valence-electron chi connectivity index (χ3n) is 3.90. The molecule has 0 fully saturated rings. The summed E-state index contributed by atoms with van der Waals surface area (Å²) in [7, 11) is 5.13. The van der Waals surface area contributed by atoms with Gasteiger partial charge < -0.3 is 14.5 Å². The van der Waals surface area contributed by atoms with Gasteiger partial charge in [-0.05, 0) is 30.7 Å². The standard InChI is InChI=1S/C19H23N3O4/c1-20(2)17-11-10-15(14-18(17)22(24)25)19(23)21(3)12-7-13-26-16-8-5-4-6-9-16/h4-6,8-11,14H,7,12-13H2,1-3H3. The van der Waals surface area contributed by atoms with E-state index in [1.165, 1.54) is 6.07 Å². The second kappa shape index (κ2) is 8.84. The average molecular weight is 357 g/mol. The van der Waals surface area contributed by atoms with Crippen molar-refractivity contribution >= 4 is 17.3 Å². The summed E-state index contributed by atoms with van der Waals surface area (Å²) in [6, 6.07) is 14.0. The molecule has 7 nitrogen and oxygen atoms in total. The molecule has 7 heteroatoms. The maximum atomic E-state index is 12.5. The Morgan fingerprint density at radius 1 is 1.12 bits per heavy atom. The van der Waals surface area contributed by atoms with Crippen molar-refractivity contribution in [2.24, 2.45) is 0 Å². The summed E-state index contributed by atoms with van der Waals surface area (Å²) >= 11 is 0. The van der Waals surface area contributed by atoms with Crippen molar-refractivity contribution in [1.82, 2.24) is 4.90 Å². The molecule has 1 amide bonds. The van der Waals surface area contributed by atoms with Crippen LogP contribution in [0.3, 0.4) is 0 Å². The second-order valence-corrected chi connectivity index (χ2v) is 6.10. The van der Waals surface area contributed by atoms with E-state index in [0.717, 1.165) is 5.75 Å². The molecule has 0 aliphatic rings. The summed E-state index contributed by atoms with van der Waals surface area (Å²) in [6.07, 6.45) is 0.662. The van der Waals surface area contributed by atoms with Gasteiger partial charge in [0.25, 0.3) is 11.6 Å². The van der Waals surface area contributed by atoms with E-state index in [9.17, 15) is 14.9 Å². The highest BCUT2D eigenvalue weighted by Gasteiger charge is 2.20. The van der Waals surface area contributed by atoms with E-state index in [2.05, 4.69) is 0 Å². The van der Waals surface area contributed by atoms with E-state index in [1.807, 2.05) is 30.3 Å². The van der Waals surface area contributed by atoms with E-state index in [-0.39, 0.29) is 11.6 Å². The highest BCUT2D eigenvalue weighted by molar-refractivity contribution is 5.95. The van der Waals surface area contributed by atoms with Crippen LogP contribution < -0.4 is 9.64 Å². The number of hydrogen-bond acceptors (Lipinski definition) is 5. The van der Waals surface area contributed by atoms with E-state index in [1.54, 1.807) is 43.1 Å². The molecule has 0 saturated heterocycles. The van der Waals surface area contributed by atoms with Crippen LogP contribution in [0.4, 0.5) is 11.4 Å². The minimum Gasteiger partial charge on any atom is -0.494 e. The lowest BCUT2D eigenvalue weighted by Gasteiger charge is -2.18. The van der Waals surface area contributed by atoms with Crippen LogP contribution in [0.15, 0.2) is 48.5 Å². The normalized spacial score (nSPS) is 10.3. The quantitative estimate of drug-likeness (QED) is 0.412. The summed E-state index contributed by atoms with van der Waals surface area (Å²) in [4.78, 5) is 26.5. The Hall–Kier alpha value is -3.09. The minimum atomic E-state index is -0.472. The maximum Gasteiger partial charge on any atom is 0.293 e. The van der Waals surface area contributed by atoms with Crippen LogP contribution in [-0.4, -0.2) is 50.0 Å². The van der Waals surface area contributed by atoms with Gasteiger partial charge in [-0.25, -0.2) is 0 Å². The SMILES string of the molecule is CN(CCCOc1ccccc1)C(=O)c1ccc(N(C)C)c([N+](=O)[O-])c1. The first-order valence-corrected chi connectivity index (χ1v) is 8.29. The molecule has 0 unspecified atom stereocenters. The second-order valence-electron chi connectivity index (χ2n) is 6.10. The van der Waals surface area contributed by atoms with E-state index >= 15 is 0 Å². The first-order chi connectivity index (χ1) is 12.4. The average Bonchev–Trinajstić information content (AvgIpc) is 2.64. The molecule has 0 aliphatic carbocycles. The molecule has 2 aromatic carbocycles. The van der Waals surface area contributed by atoms with Gasteiger partial charge in [0, 0.05) is 39.3 Å². The molecule has 0 bridgehead atoms. The van der Waals surface area contributed by atoms with Crippen LogP contribution in [-0.2, 0) is 0 Å². The molecule has 138 valence electrons. The predicted octanol–water partition coefficient (Wildman–Crippen LogP) is 3.20. The lowest BCUT2D eigenvalue weighted by molar-refractivity contribution is -0.384. The van der Waals surface area contributed by atoms with Gasteiger partial charge in [0.15, 0.2) is 0 Å². The molecule has 0 heterocycles. The number of para-hydroxylation sites is 1. The van der Waals surface area contributed by atoms with Crippen LogP contribution in [0.5, 0.6) is 5.75 Å². The lowest BCUT2D eigenvalue weighted by Crippen LogP contribution is -2.28. The number of hydrogen-bond donors (Lipinski definition) is 0. The zero-order valence-electron chi connectivity index (χ0n) is 15.2.